The first-order chi connectivity index (χ1) is 14.5. The van der Waals surface area contributed by atoms with Gasteiger partial charge in [0.25, 0.3) is 0 Å². The van der Waals surface area contributed by atoms with E-state index in [0.29, 0.717) is 25.9 Å². The molecule has 3 heterocycles. The minimum atomic E-state index is -3.65. The Labute approximate surface area is 176 Å². The first-order valence-electron chi connectivity index (χ1n) is 10.3. The van der Waals surface area contributed by atoms with Crippen LogP contribution in [0.4, 0.5) is 0 Å². The molecule has 8 heteroatoms. The predicted molar refractivity (Wildman–Crippen MR) is 115 cm³/mol. The number of nitrogens with one attached hydrogen (secondary N) is 1. The number of amides is 1. The number of benzene rings is 1. The lowest BCUT2D eigenvalue weighted by Gasteiger charge is -2.31. The van der Waals surface area contributed by atoms with Crippen LogP contribution in [0.5, 0.6) is 0 Å². The summed E-state index contributed by atoms with van der Waals surface area (Å²) in [7, 11) is -3.65. The monoisotopic (exact) mass is 426 g/mol. The summed E-state index contributed by atoms with van der Waals surface area (Å²) in [5.41, 5.74) is 1.79. The number of carbonyl (C=O) groups excluding carboxylic acids is 1. The van der Waals surface area contributed by atoms with Crippen LogP contribution < -0.4 is 5.32 Å². The molecule has 7 nitrogen and oxygen atoms in total. The zero-order valence-electron chi connectivity index (χ0n) is 17.0. The van der Waals surface area contributed by atoms with Gasteiger partial charge in [-0.1, -0.05) is 6.07 Å². The lowest BCUT2D eigenvalue weighted by molar-refractivity contribution is -0.126. The first-order valence-corrected chi connectivity index (χ1v) is 11.7. The van der Waals surface area contributed by atoms with Gasteiger partial charge >= 0.3 is 0 Å². The standard InChI is InChI=1S/C22H26N4O3S/c1-2-25-13-10-17-14-20(8-9-21(17)25)30(28,29)26-12-5-6-18(16-26)22(27)24-15-19-7-3-4-11-23-19/h3-4,7-11,13-14,18H,2,5-6,12,15-16H2,1H3,(H,24,27). The molecule has 4 rings (SSSR count). The Morgan fingerprint density at radius 1 is 1.23 bits per heavy atom. The van der Waals surface area contributed by atoms with Gasteiger partial charge in [-0.3, -0.25) is 9.78 Å². The molecule has 1 fully saturated rings. The summed E-state index contributed by atoms with van der Waals surface area (Å²) < 4.78 is 30.0. The van der Waals surface area contributed by atoms with Crippen molar-refractivity contribution in [3.8, 4) is 0 Å². The number of fused-ring (bicyclic) bond motifs is 1. The number of piperidine rings is 1. The summed E-state index contributed by atoms with van der Waals surface area (Å²) >= 11 is 0. The van der Waals surface area contributed by atoms with Crippen molar-refractivity contribution in [1.82, 2.24) is 19.2 Å². The van der Waals surface area contributed by atoms with Crippen LogP contribution in [0.1, 0.15) is 25.5 Å². The van der Waals surface area contributed by atoms with Gasteiger partial charge in [0.05, 0.1) is 23.1 Å². The van der Waals surface area contributed by atoms with E-state index in [1.165, 1.54) is 4.31 Å². The summed E-state index contributed by atoms with van der Waals surface area (Å²) in [6.07, 6.45) is 4.99. The number of nitrogens with zero attached hydrogens (tertiary/aromatic N) is 3. The highest BCUT2D eigenvalue weighted by Crippen LogP contribution is 2.27. The fourth-order valence-electron chi connectivity index (χ4n) is 3.96. The number of sulfonamides is 1. The third kappa shape index (κ3) is 4.11. The van der Waals surface area contributed by atoms with Crippen LogP contribution in [0.25, 0.3) is 10.9 Å². The molecule has 0 saturated carbocycles. The third-order valence-corrected chi connectivity index (χ3v) is 7.51. The molecule has 3 aromatic rings. The summed E-state index contributed by atoms with van der Waals surface area (Å²) in [6, 6.07) is 12.7. The van der Waals surface area contributed by atoms with Crippen LogP contribution in [0, 0.1) is 5.92 Å². The molecule has 158 valence electrons. The molecule has 0 spiro atoms. The Bertz CT molecular complexity index is 1140. The molecule has 0 bridgehead atoms. The smallest absolute Gasteiger partial charge is 0.243 e. The van der Waals surface area contributed by atoms with E-state index in [1.54, 1.807) is 18.3 Å². The van der Waals surface area contributed by atoms with Crippen LogP contribution >= 0.6 is 0 Å². The Balaban J connectivity index is 1.47. The van der Waals surface area contributed by atoms with Gasteiger partial charge in [0.15, 0.2) is 0 Å². The lowest BCUT2D eigenvalue weighted by Crippen LogP contribution is -2.45. The van der Waals surface area contributed by atoms with Crippen LogP contribution in [-0.4, -0.2) is 41.3 Å². The zero-order chi connectivity index (χ0) is 21.1. The van der Waals surface area contributed by atoms with Crippen molar-refractivity contribution in [2.45, 2.75) is 37.8 Å². The largest absolute Gasteiger partial charge is 0.350 e. The second-order valence-corrected chi connectivity index (χ2v) is 9.50. The van der Waals surface area contributed by atoms with E-state index >= 15 is 0 Å². The van der Waals surface area contributed by atoms with Crippen LogP contribution in [0.15, 0.2) is 59.8 Å². The number of aryl methyl sites for hydroxylation is 1. The van der Waals surface area contributed by atoms with E-state index in [2.05, 4.69) is 21.8 Å². The topological polar surface area (TPSA) is 84.3 Å². The highest BCUT2D eigenvalue weighted by molar-refractivity contribution is 7.89. The lowest BCUT2D eigenvalue weighted by atomic mass is 9.99. The highest BCUT2D eigenvalue weighted by Gasteiger charge is 2.33. The molecular weight excluding hydrogens is 400 g/mol. The Morgan fingerprint density at radius 3 is 2.87 bits per heavy atom. The van der Waals surface area contributed by atoms with Gasteiger partial charge in [0.2, 0.25) is 15.9 Å². The Morgan fingerprint density at radius 2 is 2.10 bits per heavy atom. The van der Waals surface area contributed by atoms with E-state index in [9.17, 15) is 13.2 Å². The third-order valence-electron chi connectivity index (χ3n) is 5.65. The number of aromatic nitrogens is 2. The quantitative estimate of drug-likeness (QED) is 0.657. The van der Waals surface area contributed by atoms with Crippen LogP contribution in [-0.2, 0) is 27.9 Å². The van der Waals surface area contributed by atoms with Crippen molar-refractivity contribution in [2.24, 2.45) is 5.92 Å². The summed E-state index contributed by atoms with van der Waals surface area (Å²) in [5, 5.41) is 3.79. The van der Waals surface area contributed by atoms with E-state index in [0.717, 1.165) is 23.1 Å². The summed E-state index contributed by atoms with van der Waals surface area (Å²) in [6.45, 7) is 3.85. The van der Waals surface area contributed by atoms with Gasteiger partial charge in [0, 0.05) is 42.9 Å². The van der Waals surface area contributed by atoms with Crippen LogP contribution in [0.3, 0.4) is 0 Å². The number of carbonyl (C=O) groups is 1. The van der Waals surface area contributed by atoms with Gasteiger partial charge in [-0.2, -0.15) is 4.31 Å². The molecule has 1 atom stereocenters. The molecular formula is C22H26N4O3S. The SMILES string of the molecule is CCn1ccc2cc(S(=O)(=O)N3CCCC(C(=O)NCc4ccccn4)C3)ccc21. The molecule has 30 heavy (non-hydrogen) atoms. The average molecular weight is 427 g/mol. The van der Waals surface area contributed by atoms with Crippen molar-refractivity contribution in [2.75, 3.05) is 13.1 Å². The van der Waals surface area contributed by atoms with Crippen molar-refractivity contribution >= 4 is 26.8 Å². The fraction of sp³-hybridized carbons (Fsp3) is 0.364. The van der Waals surface area contributed by atoms with Gasteiger partial charge in [0.1, 0.15) is 0 Å². The molecule has 1 aromatic carbocycles. The molecule has 0 radical (unpaired) electrons. The van der Waals surface area contributed by atoms with E-state index in [-0.39, 0.29) is 23.3 Å². The van der Waals surface area contributed by atoms with E-state index in [1.807, 2.05) is 36.5 Å². The van der Waals surface area contributed by atoms with E-state index in [4.69, 9.17) is 0 Å². The van der Waals surface area contributed by atoms with Gasteiger partial charge in [-0.25, -0.2) is 8.42 Å². The normalized spacial score (nSPS) is 17.8. The van der Waals surface area contributed by atoms with E-state index < -0.39 is 10.0 Å². The molecule has 1 amide bonds. The molecule has 0 aliphatic carbocycles. The minimum Gasteiger partial charge on any atom is -0.350 e. The maximum absolute atomic E-state index is 13.2. The Kier molecular flexibility index (Phi) is 5.87. The maximum Gasteiger partial charge on any atom is 0.243 e. The van der Waals surface area contributed by atoms with Gasteiger partial charge in [-0.05, 0) is 56.2 Å². The summed E-state index contributed by atoms with van der Waals surface area (Å²) in [4.78, 5) is 17.1. The number of hydrogen-bond donors (Lipinski definition) is 1. The molecule has 2 aromatic heterocycles. The van der Waals surface area contributed by atoms with Gasteiger partial charge in [-0.15, -0.1) is 0 Å². The summed E-state index contributed by atoms with van der Waals surface area (Å²) in [5.74, 6) is -0.488. The average Bonchev–Trinajstić information content (AvgIpc) is 3.20. The zero-order valence-corrected chi connectivity index (χ0v) is 17.8. The maximum atomic E-state index is 13.2. The van der Waals surface area contributed by atoms with Crippen molar-refractivity contribution in [3.05, 3.63) is 60.6 Å². The molecule has 1 N–H and O–H groups in total. The van der Waals surface area contributed by atoms with Crippen molar-refractivity contribution in [1.29, 1.82) is 0 Å². The molecule has 1 saturated heterocycles. The van der Waals surface area contributed by atoms with Crippen molar-refractivity contribution < 1.29 is 13.2 Å². The number of rotatable bonds is 6. The highest BCUT2D eigenvalue weighted by atomic mass is 32.2. The number of hydrogen-bond acceptors (Lipinski definition) is 4. The minimum absolute atomic E-state index is 0.129. The second kappa shape index (κ2) is 8.57. The molecule has 1 aliphatic rings. The van der Waals surface area contributed by atoms with Crippen molar-refractivity contribution in [3.63, 3.8) is 0 Å². The number of pyridine rings is 1. The fourth-order valence-corrected chi connectivity index (χ4v) is 5.52. The molecule has 1 aliphatic heterocycles. The predicted octanol–water partition coefficient (Wildman–Crippen LogP) is 2.77. The van der Waals surface area contributed by atoms with Gasteiger partial charge < -0.3 is 9.88 Å². The molecule has 1 unspecified atom stereocenters. The Hall–Kier alpha value is -2.71. The van der Waals surface area contributed by atoms with Crippen LogP contribution in [0.2, 0.25) is 0 Å². The first kappa shape index (κ1) is 20.6. The second-order valence-electron chi connectivity index (χ2n) is 7.56.